The number of hydrogen-bond acceptors (Lipinski definition) is 2. The molecule has 0 aromatic carbocycles. The van der Waals surface area contributed by atoms with Crippen molar-refractivity contribution in [1.29, 1.82) is 0 Å². The van der Waals surface area contributed by atoms with Crippen molar-refractivity contribution in [3.63, 3.8) is 0 Å². The molecular weight excluding hydrogens is 196 g/mol. The van der Waals surface area contributed by atoms with Crippen molar-refractivity contribution < 1.29 is 4.74 Å². The van der Waals surface area contributed by atoms with E-state index in [4.69, 9.17) is 17.0 Å². The average Bonchev–Trinajstić information content (AvgIpc) is 2.20. The Morgan fingerprint density at radius 3 is 2.57 bits per heavy atom. The number of nitrogens with zero attached hydrogens (tertiary/aromatic N) is 1. The lowest BCUT2D eigenvalue weighted by atomic mass is 10.1. The van der Waals surface area contributed by atoms with Crippen LogP contribution < -0.4 is 5.32 Å². The molecule has 82 valence electrons. The minimum Gasteiger partial charge on any atom is -0.378 e. The number of ether oxygens (including phenoxy) is 1. The number of hydrogen-bond donors (Lipinski definition) is 1. The molecule has 0 aromatic heterocycles. The van der Waals surface area contributed by atoms with Crippen molar-refractivity contribution in [1.82, 2.24) is 10.2 Å². The van der Waals surface area contributed by atoms with Gasteiger partial charge in [0, 0.05) is 26.2 Å². The molecule has 0 unspecified atom stereocenters. The molecule has 14 heavy (non-hydrogen) atoms. The summed E-state index contributed by atoms with van der Waals surface area (Å²) in [5.74, 6) is 0. The quantitative estimate of drug-likeness (QED) is 0.720. The maximum absolute atomic E-state index is 5.58. The van der Waals surface area contributed by atoms with Crippen LogP contribution in [0.15, 0.2) is 0 Å². The Balaban J connectivity index is 2.24. The smallest absolute Gasteiger partial charge is 0.168 e. The lowest BCUT2D eigenvalue weighted by molar-refractivity contribution is 0.0268. The maximum atomic E-state index is 5.58. The molecule has 0 spiro atoms. The van der Waals surface area contributed by atoms with Crippen LogP contribution in [0.25, 0.3) is 0 Å². The summed E-state index contributed by atoms with van der Waals surface area (Å²) < 4.78 is 5.58. The second kappa shape index (κ2) is 6.19. The molecule has 0 atom stereocenters. The first-order valence-corrected chi connectivity index (χ1v) is 5.83. The van der Waals surface area contributed by atoms with Gasteiger partial charge in [0.25, 0.3) is 0 Å². The Bertz CT molecular complexity index is 179. The summed E-state index contributed by atoms with van der Waals surface area (Å²) in [6, 6.07) is 0. The van der Waals surface area contributed by atoms with Crippen LogP contribution in [0.3, 0.4) is 0 Å². The molecule has 1 aliphatic rings. The van der Waals surface area contributed by atoms with Gasteiger partial charge in [-0.15, -0.1) is 0 Å². The van der Waals surface area contributed by atoms with Gasteiger partial charge in [-0.2, -0.15) is 0 Å². The Morgan fingerprint density at radius 1 is 1.43 bits per heavy atom. The average molecular weight is 216 g/mol. The van der Waals surface area contributed by atoms with Gasteiger partial charge in [-0.25, -0.2) is 0 Å². The van der Waals surface area contributed by atoms with Gasteiger partial charge in [-0.1, -0.05) is 0 Å². The highest BCUT2D eigenvalue weighted by molar-refractivity contribution is 7.80. The minimum atomic E-state index is 0.445. The van der Waals surface area contributed by atoms with Gasteiger partial charge in [-0.05, 0) is 38.9 Å². The van der Waals surface area contributed by atoms with E-state index in [9.17, 15) is 0 Å². The minimum absolute atomic E-state index is 0.445. The summed E-state index contributed by atoms with van der Waals surface area (Å²) in [5, 5.41) is 4.07. The van der Waals surface area contributed by atoms with E-state index in [1.807, 2.05) is 0 Å². The van der Waals surface area contributed by atoms with E-state index in [2.05, 4.69) is 24.1 Å². The fourth-order valence-corrected chi connectivity index (χ4v) is 2.05. The molecule has 0 aromatic rings. The van der Waals surface area contributed by atoms with Crippen molar-refractivity contribution >= 4 is 17.3 Å². The standard InChI is InChI=1S/C10H20N2OS/c1-3-11-10(14)12-7-5-9(6-8-12)13-4-2/h9H,3-8H2,1-2H3,(H,11,14). The summed E-state index contributed by atoms with van der Waals surface area (Å²) in [6.45, 7) is 7.90. The van der Waals surface area contributed by atoms with Gasteiger partial charge < -0.3 is 15.0 Å². The van der Waals surface area contributed by atoms with E-state index in [0.29, 0.717) is 6.10 Å². The molecule has 4 heteroatoms. The van der Waals surface area contributed by atoms with Crippen molar-refractivity contribution in [2.24, 2.45) is 0 Å². The topological polar surface area (TPSA) is 24.5 Å². The predicted octanol–water partition coefficient (Wildman–Crippen LogP) is 1.38. The van der Waals surface area contributed by atoms with Crippen LogP contribution in [0.2, 0.25) is 0 Å². The second-order valence-electron chi connectivity index (χ2n) is 3.48. The summed E-state index contributed by atoms with van der Waals surface area (Å²) in [4.78, 5) is 2.23. The molecule has 0 aliphatic carbocycles. The Labute approximate surface area is 91.8 Å². The van der Waals surface area contributed by atoms with Gasteiger partial charge in [0.2, 0.25) is 0 Å². The lowest BCUT2D eigenvalue weighted by Crippen LogP contribution is -2.45. The molecule has 1 aliphatic heterocycles. The van der Waals surface area contributed by atoms with Crippen molar-refractivity contribution in [2.45, 2.75) is 32.8 Å². The summed E-state index contributed by atoms with van der Waals surface area (Å²) in [7, 11) is 0. The third kappa shape index (κ3) is 3.42. The number of nitrogens with one attached hydrogen (secondary N) is 1. The molecule has 0 amide bonds. The molecule has 1 rings (SSSR count). The first kappa shape index (κ1) is 11.7. The fourth-order valence-electron chi connectivity index (χ4n) is 1.72. The Hall–Kier alpha value is -0.350. The van der Waals surface area contributed by atoms with Crippen LogP contribution in [-0.2, 0) is 4.74 Å². The van der Waals surface area contributed by atoms with E-state index in [0.717, 1.165) is 44.2 Å². The molecular formula is C10H20N2OS. The Kier molecular flexibility index (Phi) is 5.19. The number of rotatable bonds is 3. The van der Waals surface area contributed by atoms with E-state index in [1.165, 1.54) is 0 Å². The summed E-state index contributed by atoms with van der Waals surface area (Å²) >= 11 is 5.25. The Morgan fingerprint density at radius 2 is 2.07 bits per heavy atom. The maximum Gasteiger partial charge on any atom is 0.168 e. The zero-order valence-electron chi connectivity index (χ0n) is 9.08. The second-order valence-corrected chi connectivity index (χ2v) is 3.86. The molecule has 3 nitrogen and oxygen atoms in total. The van der Waals surface area contributed by atoms with Crippen LogP contribution >= 0.6 is 12.2 Å². The third-order valence-electron chi connectivity index (χ3n) is 2.46. The molecule has 0 bridgehead atoms. The summed E-state index contributed by atoms with van der Waals surface area (Å²) in [6.07, 6.45) is 2.64. The monoisotopic (exact) mass is 216 g/mol. The van der Waals surface area contributed by atoms with Crippen LogP contribution in [0.5, 0.6) is 0 Å². The van der Waals surface area contributed by atoms with E-state index >= 15 is 0 Å². The zero-order chi connectivity index (χ0) is 10.4. The molecule has 0 radical (unpaired) electrons. The first-order chi connectivity index (χ1) is 6.77. The van der Waals surface area contributed by atoms with Gasteiger partial charge in [-0.3, -0.25) is 0 Å². The van der Waals surface area contributed by atoms with Crippen molar-refractivity contribution in [3.05, 3.63) is 0 Å². The normalized spacial score (nSPS) is 18.3. The summed E-state index contributed by atoms with van der Waals surface area (Å²) in [5.41, 5.74) is 0. The van der Waals surface area contributed by atoms with Crippen molar-refractivity contribution in [3.8, 4) is 0 Å². The fraction of sp³-hybridized carbons (Fsp3) is 0.900. The van der Waals surface area contributed by atoms with Gasteiger partial charge in [0.1, 0.15) is 0 Å². The van der Waals surface area contributed by atoms with Crippen molar-refractivity contribution in [2.75, 3.05) is 26.2 Å². The molecule has 1 heterocycles. The van der Waals surface area contributed by atoms with Crippen LogP contribution in [0.1, 0.15) is 26.7 Å². The molecule has 1 saturated heterocycles. The molecule has 1 fully saturated rings. The number of thiocarbonyl (C=S) groups is 1. The first-order valence-electron chi connectivity index (χ1n) is 5.42. The largest absolute Gasteiger partial charge is 0.378 e. The molecule has 0 saturated carbocycles. The number of likely N-dealkylation sites (tertiary alicyclic amines) is 1. The number of piperidine rings is 1. The SMILES string of the molecule is CCNC(=S)N1CCC(OCC)CC1. The lowest BCUT2D eigenvalue weighted by Gasteiger charge is -2.33. The van der Waals surface area contributed by atoms with Gasteiger partial charge >= 0.3 is 0 Å². The van der Waals surface area contributed by atoms with Gasteiger partial charge in [0.15, 0.2) is 5.11 Å². The van der Waals surface area contributed by atoms with Crippen LogP contribution in [0.4, 0.5) is 0 Å². The predicted molar refractivity (Wildman–Crippen MR) is 62.5 cm³/mol. The third-order valence-corrected chi connectivity index (χ3v) is 2.86. The van der Waals surface area contributed by atoms with Crippen LogP contribution in [-0.4, -0.2) is 42.4 Å². The zero-order valence-corrected chi connectivity index (χ0v) is 9.90. The van der Waals surface area contributed by atoms with E-state index < -0.39 is 0 Å². The highest BCUT2D eigenvalue weighted by Gasteiger charge is 2.20. The van der Waals surface area contributed by atoms with Crippen LogP contribution in [0, 0.1) is 0 Å². The molecule has 1 N–H and O–H groups in total. The highest BCUT2D eigenvalue weighted by Crippen LogP contribution is 2.13. The van der Waals surface area contributed by atoms with E-state index in [1.54, 1.807) is 0 Å². The highest BCUT2D eigenvalue weighted by atomic mass is 32.1. The van der Waals surface area contributed by atoms with Gasteiger partial charge in [0.05, 0.1) is 6.10 Å². The van der Waals surface area contributed by atoms with E-state index in [-0.39, 0.29) is 0 Å².